The summed E-state index contributed by atoms with van der Waals surface area (Å²) in [4.78, 5) is 13.4. The zero-order valence-electron chi connectivity index (χ0n) is 7.74. The third-order valence-corrected chi connectivity index (χ3v) is 4.07. The van der Waals surface area contributed by atoms with Gasteiger partial charge in [-0.15, -0.1) is 11.8 Å². The molecule has 3 nitrogen and oxygen atoms in total. The van der Waals surface area contributed by atoms with Gasteiger partial charge in [-0.3, -0.25) is 9.69 Å². The van der Waals surface area contributed by atoms with Crippen molar-refractivity contribution in [3.63, 3.8) is 0 Å². The number of thioether (sulfide) groups is 1. The van der Waals surface area contributed by atoms with Gasteiger partial charge < -0.3 is 5.73 Å². The van der Waals surface area contributed by atoms with Crippen LogP contribution in [0.1, 0.15) is 25.7 Å². The Morgan fingerprint density at radius 2 is 2.08 bits per heavy atom. The van der Waals surface area contributed by atoms with Crippen molar-refractivity contribution in [3.8, 4) is 0 Å². The van der Waals surface area contributed by atoms with Gasteiger partial charge in [-0.2, -0.15) is 0 Å². The van der Waals surface area contributed by atoms with Crippen LogP contribution >= 0.6 is 11.8 Å². The second kappa shape index (κ2) is 3.88. The summed E-state index contributed by atoms with van der Waals surface area (Å²) in [5.41, 5.74) is 5.36. The highest BCUT2D eigenvalue weighted by molar-refractivity contribution is 7.99. The quantitative estimate of drug-likeness (QED) is 0.717. The summed E-state index contributed by atoms with van der Waals surface area (Å²) in [6.45, 7) is 0. The fraction of sp³-hybridized carbons (Fsp3) is 0.889. The van der Waals surface area contributed by atoms with Gasteiger partial charge in [-0.25, -0.2) is 0 Å². The lowest BCUT2D eigenvalue weighted by atomic mass is 10.1. The molecule has 0 spiro atoms. The third-order valence-electron chi connectivity index (χ3n) is 3.04. The smallest absolute Gasteiger partial charge is 0.235 e. The SMILES string of the molecule is NC(=O)C1CSCN1C1CCCC1. The average molecular weight is 200 g/mol. The first kappa shape index (κ1) is 9.34. The van der Waals surface area contributed by atoms with Crippen LogP contribution in [-0.2, 0) is 4.79 Å². The van der Waals surface area contributed by atoms with E-state index in [9.17, 15) is 4.79 Å². The monoisotopic (exact) mass is 200 g/mol. The Bertz CT molecular complexity index is 204. The first-order chi connectivity index (χ1) is 6.29. The molecule has 1 saturated heterocycles. The van der Waals surface area contributed by atoms with Crippen molar-refractivity contribution in [2.45, 2.75) is 37.8 Å². The Hall–Kier alpha value is -0.220. The zero-order valence-corrected chi connectivity index (χ0v) is 8.55. The summed E-state index contributed by atoms with van der Waals surface area (Å²) in [5, 5.41) is 0. The summed E-state index contributed by atoms with van der Waals surface area (Å²) in [7, 11) is 0. The molecule has 0 aromatic heterocycles. The first-order valence-corrected chi connectivity index (χ1v) is 6.07. The van der Waals surface area contributed by atoms with Gasteiger partial charge in [-0.05, 0) is 12.8 Å². The second-order valence-corrected chi connectivity index (χ2v) is 4.87. The van der Waals surface area contributed by atoms with E-state index in [1.807, 2.05) is 11.8 Å². The first-order valence-electron chi connectivity index (χ1n) is 4.92. The van der Waals surface area contributed by atoms with Crippen LogP contribution in [0.5, 0.6) is 0 Å². The molecule has 1 heterocycles. The lowest BCUT2D eigenvalue weighted by molar-refractivity contribution is -0.122. The topological polar surface area (TPSA) is 46.3 Å². The summed E-state index contributed by atoms with van der Waals surface area (Å²) < 4.78 is 0. The molecule has 1 aliphatic carbocycles. The molecule has 1 atom stereocenters. The molecule has 1 saturated carbocycles. The molecule has 0 radical (unpaired) electrons. The van der Waals surface area contributed by atoms with Crippen LogP contribution in [-0.4, -0.2) is 34.5 Å². The number of nitrogens with two attached hydrogens (primary N) is 1. The highest BCUT2D eigenvalue weighted by Gasteiger charge is 2.35. The lowest BCUT2D eigenvalue weighted by Crippen LogP contribution is -2.46. The van der Waals surface area contributed by atoms with Gasteiger partial charge in [0.2, 0.25) is 5.91 Å². The summed E-state index contributed by atoms with van der Waals surface area (Å²) in [6.07, 6.45) is 5.14. The normalized spacial score (nSPS) is 31.2. The van der Waals surface area contributed by atoms with E-state index < -0.39 is 0 Å². The molecule has 0 bridgehead atoms. The van der Waals surface area contributed by atoms with Gasteiger partial charge in [0.25, 0.3) is 0 Å². The minimum Gasteiger partial charge on any atom is -0.368 e. The lowest BCUT2D eigenvalue weighted by Gasteiger charge is -2.27. The van der Waals surface area contributed by atoms with E-state index in [1.165, 1.54) is 25.7 Å². The maximum absolute atomic E-state index is 11.1. The highest BCUT2D eigenvalue weighted by atomic mass is 32.2. The fourth-order valence-electron chi connectivity index (χ4n) is 2.30. The van der Waals surface area contributed by atoms with E-state index in [1.54, 1.807) is 0 Å². The summed E-state index contributed by atoms with van der Waals surface area (Å²) in [6, 6.07) is 0.639. The number of amides is 1. The van der Waals surface area contributed by atoms with Gasteiger partial charge in [0.15, 0.2) is 0 Å². The van der Waals surface area contributed by atoms with Crippen LogP contribution in [0.25, 0.3) is 0 Å². The van der Waals surface area contributed by atoms with Crippen molar-refractivity contribution >= 4 is 17.7 Å². The number of nitrogens with zero attached hydrogens (tertiary/aromatic N) is 1. The Morgan fingerprint density at radius 1 is 1.38 bits per heavy atom. The fourth-order valence-corrected chi connectivity index (χ4v) is 3.58. The number of hydrogen-bond acceptors (Lipinski definition) is 3. The number of hydrogen-bond donors (Lipinski definition) is 1. The molecule has 0 aromatic rings. The van der Waals surface area contributed by atoms with Gasteiger partial charge in [0.1, 0.15) is 0 Å². The van der Waals surface area contributed by atoms with E-state index in [4.69, 9.17) is 5.73 Å². The highest BCUT2D eigenvalue weighted by Crippen LogP contribution is 2.31. The van der Waals surface area contributed by atoms with E-state index in [0.29, 0.717) is 6.04 Å². The summed E-state index contributed by atoms with van der Waals surface area (Å²) in [5.74, 6) is 1.75. The van der Waals surface area contributed by atoms with Gasteiger partial charge >= 0.3 is 0 Å². The van der Waals surface area contributed by atoms with Crippen LogP contribution in [0.4, 0.5) is 0 Å². The standard InChI is InChI=1S/C9H16N2OS/c10-9(12)8-5-13-6-11(8)7-3-1-2-4-7/h7-8H,1-6H2,(H2,10,12). The van der Waals surface area contributed by atoms with Crippen molar-refractivity contribution in [2.75, 3.05) is 11.6 Å². The van der Waals surface area contributed by atoms with Crippen molar-refractivity contribution in [2.24, 2.45) is 5.73 Å². The predicted octanol–water partition coefficient (Wildman–Crippen LogP) is 0.789. The Kier molecular flexibility index (Phi) is 2.79. The van der Waals surface area contributed by atoms with E-state index in [0.717, 1.165) is 11.6 Å². The molecule has 2 N–H and O–H groups in total. The second-order valence-electron chi connectivity index (χ2n) is 3.87. The number of carbonyl (C=O) groups excluding carboxylic acids is 1. The van der Waals surface area contributed by atoms with Gasteiger partial charge in [0, 0.05) is 17.7 Å². The van der Waals surface area contributed by atoms with Crippen molar-refractivity contribution in [1.82, 2.24) is 4.90 Å². The Morgan fingerprint density at radius 3 is 2.69 bits per heavy atom. The molecule has 1 aliphatic heterocycles. The van der Waals surface area contributed by atoms with E-state index in [2.05, 4.69) is 4.90 Å². The molecular weight excluding hydrogens is 184 g/mol. The largest absolute Gasteiger partial charge is 0.368 e. The van der Waals surface area contributed by atoms with E-state index >= 15 is 0 Å². The molecule has 1 amide bonds. The molecule has 0 aromatic carbocycles. The van der Waals surface area contributed by atoms with Crippen molar-refractivity contribution in [3.05, 3.63) is 0 Å². The molecular formula is C9H16N2OS. The molecule has 2 fully saturated rings. The van der Waals surface area contributed by atoms with Crippen LogP contribution in [0, 0.1) is 0 Å². The summed E-state index contributed by atoms with van der Waals surface area (Å²) >= 11 is 1.83. The Balaban J connectivity index is 2.00. The van der Waals surface area contributed by atoms with Crippen LogP contribution in [0.2, 0.25) is 0 Å². The molecule has 4 heteroatoms. The molecule has 2 rings (SSSR count). The molecule has 2 aliphatic rings. The van der Waals surface area contributed by atoms with Crippen molar-refractivity contribution in [1.29, 1.82) is 0 Å². The minimum absolute atomic E-state index is 0.00750. The van der Waals surface area contributed by atoms with Crippen molar-refractivity contribution < 1.29 is 4.79 Å². The Labute approximate surface area is 83.0 Å². The molecule has 1 unspecified atom stereocenters. The van der Waals surface area contributed by atoms with Gasteiger partial charge in [-0.1, -0.05) is 12.8 Å². The van der Waals surface area contributed by atoms with Gasteiger partial charge in [0.05, 0.1) is 6.04 Å². The van der Waals surface area contributed by atoms with Crippen LogP contribution < -0.4 is 5.73 Å². The van der Waals surface area contributed by atoms with E-state index in [-0.39, 0.29) is 11.9 Å². The van der Waals surface area contributed by atoms with Crippen LogP contribution in [0.15, 0.2) is 0 Å². The maximum atomic E-state index is 11.1. The zero-order chi connectivity index (χ0) is 9.26. The predicted molar refractivity (Wildman–Crippen MR) is 54.4 cm³/mol. The average Bonchev–Trinajstić information content (AvgIpc) is 2.74. The minimum atomic E-state index is -0.142. The third kappa shape index (κ3) is 1.83. The van der Waals surface area contributed by atoms with Crippen LogP contribution in [0.3, 0.4) is 0 Å². The molecule has 74 valence electrons. The number of rotatable bonds is 2. The number of primary amides is 1. The molecule has 13 heavy (non-hydrogen) atoms. The number of carbonyl (C=O) groups is 1. The maximum Gasteiger partial charge on any atom is 0.235 e.